The van der Waals surface area contributed by atoms with Gasteiger partial charge in [0.15, 0.2) is 0 Å². The Morgan fingerprint density at radius 1 is 1.44 bits per heavy atom. The van der Waals surface area contributed by atoms with Crippen molar-refractivity contribution in [3.05, 3.63) is 27.7 Å². The molecule has 1 unspecified atom stereocenters. The monoisotopic (exact) mass is 283 g/mol. The lowest BCUT2D eigenvalue weighted by atomic mass is 9.91. The molecule has 0 radical (unpaired) electrons. The Morgan fingerprint density at radius 2 is 2.25 bits per heavy atom. The Hall–Kier alpha value is -0.540. The highest BCUT2D eigenvalue weighted by atomic mass is 79.9. The Balaban J connectivity index is 2.31. The van der Waals surface area contributed by atoms with Crippen LogP contribution >= 0.6 is 15.9 Å². The van der Waals surface area contributed by atoms with E-state index in [1.54, 1.807) is 7.11 Å². The third-order valence-corrected chi connectivity index (χ3v) is 3.94. The van der Waals surface area contributed by atoms with Crippen molar-refractivity contribution in [1.29, 1.82) is 0 Å². The molecule has 1 aromatic rings. The number of hydrogen-bond acceptors (Lipinski definition) is 2. The zero-order chi connectivity index (χ0) is 11.5. The topological polar surface area (TPSA) is 21.3 Å². The van der Waals surface area contributed by atoms with E-state index in [1.807, 2.05) is 0 Å². The minimum Gasteiger partial charge on any atom is -0.496 e. The molecule has 2 nitrogen and oxygen atoms in total. The molecule has 1 saturated heterocycles. The van der Waals surface area contributed by atoms with Gasteiger partial charge in [-0.25, -0.2) is 0 Å². The third kappa shape index (κ3) is 2.41. The van der Waals surface area contributed by atoms with E-state index < -0.39 is 0 Å². The van der Waals surface area contributed by atoms with Crippen molar-refractivity contribution < 1.29 is 4.74 Å². The van der Waals surface area contributed by atoms with Crippen LogP contribution in [0.3, 0.4) is 0 Å². The smallest absolute Gasteiger partial charge is 0.122 e. The highest BCUT2D eigenvalue weighted by molar-refractivity contribution is 9.10. The zero-order valence-corrected chi connectivity index (χ0v) is 11.4. The maximum atomic E-state index is 5.39. The normalized spacial score (nSPS) is 20.8. The van der Waals surface area contributed by atoms with Crippen molar-refractivity contribution >= 4 is 15.9 Å². The van der Waals surface area contributed by atoms with E-state index in [0.29, 0.717) is 5.92 Å². The first-order valence-corrected chi connectivity index (χ1v) is 6.56. The molecule has 1 fully saturated rings. The van der Waals surface area contributed by atoms with Gasteiger partial charge in [-0.05, 0) is 55.5 Å². The number of methoxy groups -OCH3 is 1. The summed E-state index contributed by atoms with van der Waals surface area (Å²) in [6.45, 7) is 4.30. The summed E-state index contributed by atoms with van der Waals surface area (Å²) in [6, 6.07) is 4.33. The van der Waals surface area contributed by atoms with E-state index in [4.69, 9.17) is 4.74 Å². The first-order valence-electron chi connectivity index (χ1n) is 5.77. The average molecular weight is 284 g/mol. The second-order valence-corrected chi connectivity index (χ2v) is 5.24. The van der Waals surface area contributed by atoms with Gasteiger partial charge in [0.1, 0.15) is 5.75 Å². The number of benzene rings is 1. The predicted molar refractivity (Wildman–Crippen MR) is 70.3 cm³/mol. The number of nitrogens with one attached hydrogen (secondary N) is 1. The molecule has 1 heterocycles. The number of piperidine rings is 1. The van der Waals surface area contributed by atoms with Gasteiger partial charge in [-0.2, -0.15) is 0 Å². The van der Waals surface area contributed by atoms with Gasteiger partial charge >= 0.3 is 0 Å². The average Bonchev–Trinajstić information content (AvgIpc) is 2.30. The number of hydrogen-bond donors (Lipinski definition) is 1. The number of rotatable bonds is 2. The molecule has 0 aromatic heterocycles. The quantitative estimate of drug-likeness (QED) is 0.900. The van der Waals surface area contributed by atoms with Crippen molar-refractivity contribution in [3.63, 3.8) is 0 Å². The number of aryl methyl sites for hydroxylation is 1. The fraction of sp³-hybridized carbons (Fsp3) is 0.538. The Labute approximate surface area is 106 Å². The van der Waals surface area contributed by atoms with Gasteiger partial charge in [0, 0.05) is 11.0 Å². The molecule has 3 heteroatoms. The highest BCUT2D eigenvalue weighted by Crippen LogP contribution is 2.34. The number of halogens is 1. The first-order chi connectivity index (χ1) is 7.72. The lowest BCUT2D eigenvalue weighted by Crippen LogP contribution is -2.28. The van der Waals surface area contributed by atoms with Crippen LogP contribution in [0.4, 0.5) is 0 Å². The predicted octanol–water partition coefficient (Wildman–Crippen LogP) is 3.23. The van der Waals surface area contributed by atoms with E-state index >= 15 is 0 Å². The van der Waals surface area contributed by atoms with Crippen LogP contribution in [0.15, 0.2) is 16.6 Å². The molecule has 0 aliphatic carbocycles. The fourth-order valence-corrected chi connectivity index (χ4v) is 3.10. The van der Waals surface area contributed by atoms with Gasteiger partial charge in [-0.1, -0.05) is 15.9 Å². The fourth-order valence-electron chi connectivity index (χ4n) is 2.32. The van der Waals surface area contributed by atoms with Gasteiger partial charge in [0.25, 0.3) is 0 Å². The Morgan fingerprint density at radius 3 is 2.88 bits per heavy atom. The molecule has 2 rings (SSSR count). The number of ether oxygens (including phenoxy) is 1. The minimum absolute atomic E-state index is 0.609. The molecular weight excluding hydrogens is 266 g/mol. The molecule has 0 bridgehead atoms. The highest BCUT2D eigenvalue weighted by Gasteiger charge is 2.18. The molecule has 88 valence electrons. The van der Waals surface area contributed by atoms with E-state index in [2.05, 4.69) is 40.3 Å². The summed E-state index contributed by atoms with van der Waals surface area (Å²) in [7, 11) is 1.74. The van der Waals surface area contributed by atoms with E-state index in [9.17, 15) is 0 Å². The van der Waals surface area contributed by atoms with Crippen molar-refractivity contribution in [3.8, 4) is 5.75 Å². The van der Waals surface area contributed by atoms with Crippen molar-refractivity contribution in [1.82, 2.24) is 5.32 Å². The standard InChI is InChI=1S/C13H18BrNO/c1-9-6-12(14)11(7-13(9)16-2)10-4-3-5-15-8-10/h6-7,10,15H,3-5,8H2,1-2H3. The summed E-state index contributed by atoms with van der Waals surface area (Å²) in [5.41, 5.74) is 2.55. The van der Waals surface area contributed by atoms with E-state index in [0.717, 1.165) is 18.8 Å². The molecule has 1 atom stereocenters. The van der Waals surface area contributed by atoms with Crippen LogP contribution in [0.5, 0.6) is 5.75 Å². The second-order valence-electron chi connectivity index (χ2n) is 4.39. The summed E-state index contributed by atoms with van der Waals surface area (Å²) in [6.07, 6.45) is 2.52. The van der Waals surface area contributed by atoms with Gasteiger partial charge in [-0.15, -0.1) is 0 Å². The molecule has 1 N–H and O–H groups in total. The second kappa shape index (κ2) is 5.19. The Bertz CT molecular complexity index is 372. The maximum absolute atomic E-state index is 5.39. The van der Waals surface area contributed by atoms with Crippen LogP contribution in [-0.2, 0) is 0 Å². The summed E-state index contributed by atoms with van der Waals surface area (Å²) in [5.74, 6) is 1.60. The summed E-state index contributed by atoms with van der Waals surface area (Å²) >= 11 is 3.66. The van der Waals surface area contributed by atoms with E-state index in [1.165, 1.54) is 28.4 Å². The lowest BCUT2D eigenvalue weighted by molar-refractivity contribution is 0.408. The largest absolute Gasteiger partial charge is 0.496 e. The molecule has 1 aliphatic heterocycles. The van der Waals surface area contributed by atoms with Crippen LogP contribution in [0.25, 0.3) is 0 Å². The first kappa shape index (κ1) is 11.9. The molecule has 0 spiro atoms. The molecular formula is C13H18BrNO. The van der Waals surface area contributed by atoms with Gasteiger partial charge in [0.05, 0.1) is 7.11 Å². The zero-order valence-electron chi connectivity index (χ0n) is 9.85. The van der Waals surface area contributed by atoms with Crippen LogP contribution in [-0.4, -0.2) is 20.2 Å². The minimum atomic E-state index is 0.609. The summed E-state index contributed by atoms with van der Waals surface area (Å²) in [5, 5.41) is 3.45. The van der Waals surface area contributed by atoms with Gasteiger partial charge in [-0.3, -0.25) is 0 Å². The van der Waals surface area contributed by atoms with Crippen LogP contribution < -0.4 is 10.1 Å². The molecule has 0 saturated carbocycles. The Kier molecular flexibility index (Phi) is 3.87. The SMILES string of the molecule is COc1cc(C2CCCNC2)c(Br)cc1C. The lowest BCUT2D eigenvalue weighted by Gasteiger charge is -2.25. The van der Waals surface area contributed by atoms with E-state index in [-0.39, 0.29) is 0 Å². The molecule has 0 amide bonds. The van der Waals surface area contributed by atoms with Crippen molar-refractivity contribution in [2.75, 3.05) is 20.2 Å². The molecule has 16 heavy (non-hydrogen) atoms. The van der Waals surface area contributed by atoms with Gasteiger partial charge in [0.2, 0.25) is 0 Å². The molecule has 1 aromatic carbocycles. The van der Waals surface area contributed by atoms with Crippen molar-refractivity contribution in [2.24, 2.45) is 0 Å². The van der Waals surface area contributed by atoms with Gasteiger partial charge < -0.3 is 10.1 Å². The maximum Gasteiger partial charge on any atom is 0.122 e. The van der Waals surface area contributed by atoms with Crippen molar-refractivity contribution in [2.45, 2.75) is 25.7 Å². The third-order valence-electron chi connectivity index (χ3n) is 3.25. The summed E-state index contributed by atoms with van der Waals surface area (Å²) < 4.78 is 6.60. The van der Waals surface area contributed by atoms with Crippen LogP contribution in [0.1, 0.15) is 29.9 Å². The van der Waals surface area contributed by atoms with Crippen LogP contribution in [0.2, 0.25) is 0 Å². The molecule has 1 aliphatic rings. The van der Waals surface area contributed by atoms with Crippen LogP contribution in [0, 0.1) is 6.92 Å². The summed E-state index contributed by atoms with van der Waals surface area (Å²) in [4.78, 5) is 0.